The summed E-state index contributed by atoms with van der Waals surface area (Å²) >= 11 is 4.94. The quantitative estimate of drug-likeness (QED) is 0.399. The molecule has 0 saturated heterocycles. The average molecular weight is 123 g/mol. The molecule has 0 aliphatic rings. The Balaban J connectivity index is 2.81. The highest BCUT2D eigenvalue weighted by Gasteiger charge is 1.94. The number of hydrogen-bond donors (Lipinski definition) is 0. The van der Waals surface area contributed by atoms with Gasteiger partial charge in [0.2, 0.25) is 0 Å². The number of halogens is 2. The molecule has 0 N–H and O–H groups in total. The number of allylic oxidation sites excluding steroid dienone is 1. The highest BCUT2D eigenvalue weighted by Crippen LogP contribution is 2.05. The van der Waals surface area contributed by atoms with Crippen molar-refractivity contribution in [2.75, 3.05) is 0 Å². The second-order valence-corrected chi connectivity index (χ2v) is 1.73. The van der Waals surface area contributed by atoms with Crippen molar-refractivity contribution in [1.82, 2.24) is 0 Å². The van der Waals surface area contributed by atoms with Crippen molar-refractivity contribution in [3.8, 4) is 0 Å². The Kier molecular flexibility index (Phi) is 4.10. The van der Waals surface area contributed by atoms with E-state index in [0.717, 1.165) is 0 Å². The maximum absolute atomic E-state index is 11.6. The molecule has 0 aromatic heterocycles. The van der Waals surface area contributed by atoms with E-state index in [2.05, 4.69) is 6.58 Å². The van der Waals surface area contributed by atoms with Crippen LogP contribution < -0.4 is 0 Å². The summed E-state index contributed by atoms with van der Waals surface area (Å²) in [6.07, 6.45) is 2.69. The van der Waals surface area contributed by atoms with Crippen LogP contribution in [0.3, 0.4) is 0 Å². The van der Waals surface area contributed by atoms with Crippen molar-refractivity contribution >= 4 is 11.6 Å². The monoisotopic (exact) mass is 122 g/mol. The molecule has 42 valence electrons. The molecule has 0 saturated carbocycles. The first kappa shape index (κ1) is 6.96. The third-order valence-electron chi connectivity index (χ3n) is 0.589. The summed E-state index contributed by atoms with van der Waals surface area (Å²) in [6.45, 7) is 3.41. The summed E-state index contributed by atoms with van der Waals surface area (Å²) < 4.78 is 11.6. The second-order valence-electron chi connectivity index (χ2n) is 1.26. The van der Waals surface area contributed by atoms with Crippen molar-refractivity contribution in [3.63, 3.8) is 0 Å². The van der Waals surface area contributed by atoms with Gasteiger partial charge in [0, 0.05) is 0 Å². The van der Waals surface area contributed by atoms with Gasteiger partial charge in [0.05, 0.1) is 0 Å². The van der Waals surface area contributed by atoms with Gasteiger partial charge in [0.25, 0.3) is 0 Å². The van der Waals surface area contributed by atoms with Crippen molar-refractivity contribution in [1.29, 1.82) is 0 Å². The average Bonchev–Trinajstić information content (AvgIpc) is 1.61. The molecule has 0 aliphatic carbocycles. The molecule has 1 atom stereocenters. The minimum Gasteiger partial charge on any atom is -0.230 e. The molecule has 0 aromatic rings. The lowest BCUT2D eigenvalue weighted by atomic mass is 10.3. The summed E-state index contributed by atoms with van der Waals surface area (Å²) in [4.78, 5) is 0. The first-order chi connectivity index (χ1) is 3.27. The van der Waals surface area contributed by atoms with E-state index in [9.17, 15) is 4.39 Å². The van der Waals surface area contributed by atoms with Crippen molar-refractivity contribution in [2.24, 2.45) is 0 Å². The zero-order valence-electron chi connectivity index (χ0n) is 4.03. The van der Waals surface area contributed by atoms with Crippen LogP contribution in [0.15, 0.2) is 12.7 Å². The zero-order valence-corrected chi connectivity index (χ0v) is 4.79. The summed E-state index contributed by atoms with van der Waals surface area (Å²) in [7, 11) is 0. The van der Waals surface area contributed by atoms with Gasteiger partial charge in [-0.15, -0.1) is 6.58 Å². The van der Waals surface area contributed by atoms with E-state index in [1.165, 1.54) is 0 Å². The van der Waals surface area contributed by atoms with Crippen molar-refractivity contribution in [2.45, 2.75) is 18.5 Å². The maximum Gasteiger partial charge on any atom is 0.173 e. The molecule has 0 amide bonds. The highest BCUT2D eigenvalue weighted by atomic mass is 35.5. The molecule has 0 spiro atoms. The Bertz CT molecular complexity index is 52.0. The Morgan fingerprint density at radius 1 is 1.86 bits per heavy atom. The molecule has 0 heterocycles. The Morgan fingerprint density at radius 2 is 2.43 bits per heavy atom. The minimum atomic E-state index is -1.20. The predicted octanol–water partition coefficient (Wildman–Crippen LogP) is 2.49. The fourth-order valence-corrected chi connectivity index (χ4v) is 0.370. The van der Waals surface area contributed by atoms with Crippen LogP contribution in [-0.2, 0) is 0 Å². The van der Waals surface area contributed by atoms with Gasteiger partial charge < -0.3 is 0 Å². The molecular formula is C5H8ClF. The summed E-state index contributed by atoms with van der Waals surface area (Å²) in [5.41, 5.74) is -1.20. The molecule has 0 rings (SSSR count). The fraction of sp³-hybridized carbons (Fsp3) is 0.600. The van der Waals surface area contributed by atoms with Gasteiger partial charge in [-0.05, 0) is 12.8 Å². The molecule has 0 bridgehead atoms. The standard InChI is InChI=1S/C5H8ClF/c1-2-3-4-5(6)7/h2,5H,1,3-4H2. The van der Waals surface area contributed by atoms with E-state index >= 15 is 0 Å². The number of hydrogen-bond acceptors (Lipinski definition) is 0. The molecule has 7 heavy (non-hydrogen) atoms. The van der Waals surface area contributed by atoms with Crippen LogP contribution in [0, 0.1) is 0 Å². The lowest BCUT2D eigenvalue weighted by Crippen LogP contribution is -1.83. The van der Waals surface area contributed by atoms with Crippen LogP contribution in [0.2, 0.25) is 0 Å². The molecular weight excluding hydrogens is 115 g/mol. The Labute approximate surface area is 48.0 Å². The highest BCUT2D eigenvalue weighted by molar-refractivity contribution is 6.19. The molecule has 0 aromatic carbocycles. The normalized spacial score (nSPS) is 13.4. The SMILES string of the molecule is C=CCCC(F)Cl. The van der Waals surface area contributed by atoms with E-state index < -0.39 is 5.63 Å². The summed E-state index contributed by atoms with van der Waals surface area (Å²) in [5, 5.41) is 0. The van der Waals surface area contributed by atoms with Crippen LogP contribution in [-0.4, -0.2) is 5.63 Å². The lowest BCUT2D eigenvalue weighted by Gasteiger charge is -1.90. The van der Waals surface area contributed by atoms with Gasteiger partial charge in [0.1, 0.15) is 0 Å². The van der Waals surface area contributed by atoms with Gasteiger partial charge >= 0.3 is 0 Å². The zero-order chi connectivity index (χ0) is 5.70. The first-order valence-electron chi connectivity index (χ1n) is 2.16. The predicted molar refractivity (Wildman–Crippen MR) is 30.2 cm³/mol. The Hall–Kier alpha value is -0.0400. The fourth-order valence-electron chi connectivity index (χ4n) is 0.244. The minimum absolute atomic E-state index is 0.380. The Morgan fingerprint density at radius 3 is 2.57 bits per heavy atom. The van der Waals surface area contributed by atoms with E-state index in [4.69, 9.17) is 11.6 Å². The van der Waals surface area contributed by atoms with Crippen LogP contribution in [0.1, 0.15) is 12.8 Å². The maximum atomic E-state index is 11.6. The van der Waals surface area contributed by atoms with Crippen LogP contribution in [0.5, 0.6) is 0 Å². The molecule has 1 unspecified atom stereocenters. The molecule has 0 aliphatic heterocycles. The molecule has 0 fully saturated rings. The van der Waals surface area contributed by atoms with E-state index in [1.54, 1.807) is 6.08 Å². The number of rotatable bonds is 3. The van der Waals surface area contributed by atoms with E-state index in [1.807, 2.05) is 0 Å². The molecule has 0 radical (unpaired) electrons. The second kappa shape index (κ2) is 4.13. The van der Waals surface area contributed by atoms with Gasteiger partial charge in [0.15, 0.2) is 5.63 Å². The van der Waals surface area contributed by atoms with Crippen LogP contribution in [0.4, 0.5) is 4.39 Å². The number of alkyl halides is 2. The van der Waals surface area contributed by atoms with Crippen LogP contribution >= 0.6 is 11.6 Å². The van der Waals surface area contributed by atoms with Gasteiger partial charge in [-0.1, -0.05) is 17.7 Å². The van der Waals surface area contributed by atoms with Gasteiger partial charge in [-0.25, -0.2) is 4.39 Å². The lowest BCUT2D eigenvalue weighted by molar-refractivity contribution is 0.424. The topological polar surface area (TPSA) is 0 Å². The largest absolute Gasteiger partial charge is 0.230 e. The smallest absolute Gasteiger partial charge is 0.173 e. The van der Waals surface area contributed by atoms with Crippen molar-refractivity contribution in [3.05, 3.63) is 12.7 Å². The first-order valence-corrected chi connectivity index (χ1v) is 2.60. The van der Waals surface area contributed by atoms with E-state index in [-0.39, 0.29) is 0 Å². The van der Waals surface area contributed by atoms with Crippen molar-refractivity contribution < 1.29 is 4.39 Å². The third-order valence-corrected chi connectivity index (χ3v) is 0.807. The van der Waals surface area contributed by atoms with Crippen LogP contribution in [0.25, 0.3) is 0 Å². The van der Waals surface area contributed by atoms with Gasteiger partial charge in [-0.2, -0.15) is 0 Å². The molecule has 0 nitrogen and oxygen atoms in total. The molecule has 2 heteroatoms. The summed E-state index contributed by atoms with van der Waals surface area (Å²) in [5.74, 6) is 0. The third kappa shape index (κ3) is 5.96. The summed E-state index contributed by atoms with van der Waals surface area (Å²) in [6, 6.07) is 0. The van der Waals surface area contributed by atoms with Gasteiger partial charge in [-0.3, -0.25) is 0 Å². The van der Waals surface area contributed by atoms with E-state index in [0.29, 0.717) is 12.8 Å².